The van der Waals surface area contributed by atoms with Crippen LogP contribution in [0.4, 0.5) is 4.39 Å². The molecule has 0 radical (unpaired) electrons. The lowest BCUT2D eigenvalue weighted by atomic mass is 9.84. The van der Waals surface area contributed by atoms with Crippen LogP contribution in [0.25, 0.3) is 11.1 Å². The van der Waals surface area contributed by atoms with E-state index < -0.39 is 5.60 Å². The predicted octanol–water partition coefficient (Wildman–Crippen LogP) is 5.36. The Bertz CT molecular complexity index is 1490. The van der Waals surface area contributed by atoms with E-state index in [1.54, 1.807) is 29.2 Å². The first-order valence-electron chi connectivity index (χ1n) is 13.4. The van der Waals surface area contributed by atoms with Crippen LogP contribution in [0.15, 0.2) is 71.4 Å². The molecule has 1 aromatic heterocycles. The van der Waals surface area contributed by atoms with E-state index in [1.807, 2.05) is 49.2 Å². The number of nitrogens with zero attached hydrogens (tertiary/aromatic N) is 4. The van der Waals surface area contributed by atoms with Gasteiger partial charge in [0, 0.05) is 36.8 Å². The summed E-state index contributed by atoms with van der Waals surface area (Å²) in [7, 11) is 1.95. The van der Waals surface area contributed by atoms with Crippen molar-refractivity contribution < 1.29 is 23.7 Å². The summed E-state index contributed by atoms with van der Waals surface area (Å²) in [6, 6.07) is 19.2. The zero-order chi connectivity index (χ0) is 29.0. The number of aromatic nitrogens is 2. The summed E-state index contributed by atoms with van der Waals surface area (Å²) in [5, 5.41) is 19.6. The van der Waals surface area contributed by atoms with Gasteiger partial charge in [-0.2, -0.15) is 0 Å². The summed E-state index contributed by atoms with van der Waals surface area (Å²) in [5.74, 6) is 0.142. The number of rotatable bonds is 9. The standard InChI is InChI=1S/C31H32ClFN4O4/c1-21-28(35-41-34-21)19-36(2)18-24-17-23(22-3-10-27(33)11-4-22)5-12-29(24)40-20-30(38)37-15-13-31(39,14-16-37)25-6-8-26(32)9-7-25/h3-12,17,39H,13-16,18-20H2,1-2H3. The van der Waals surface area contributed by atoms with Gasteiger partial charge in [0.05, 0.1) is 5.60 Å². The van der Waals surface area contributed by atoms with Crippen LogP contribution in [0.5, 0.6) is 5.75 Å². The first-order valence-corrected chi connectivity index (χ1v) is 13.8. The molecule has 4 aromatic rings. The Hall–Kier alpha value is -3.79. The molecule has 0 bridgehead atoms. The third-order valence-corrected chi connectivity index (χ3v) is 7.77. The van der Waals surface area contributed by atoms with E-state index in [-0.39, 0.29) is 18.3 Å². The Balaban J connectivity index is 1.26. The van der Waals surface area contributed by atoms with Crippen LogP contribution in [0.3, 0.4) is 0 Å². The van der Waals surface area contributed by atoms with Crippen molar-refractivity contribution in [2.75, 3.05) is 26.7 Å². The molecular weight excluding hydrogens is 547 g/mol. The third kappa shape index (κ3) is 6.93. The highest BCUT2D eigenvalue weighted by Gasteiger charge is 2.35. The van der Waals surface area contributed by atoms with Gasteiger partial charge >= 0.3 is 0 Å². The normalized spacial score (nSPS) is 14.8. The van der Waals surface area contributed by atoms with Crippen molar-refractivity contribution in [2.45, 2.75) is 38.5 Å². The van der Waals surface area contributed by atoms with E-state index in [9.17, 15) is 14.3 Å². The number of piperidine rings is 1. The fraction of sp³-hybridized carbons (Fsp3) is 0.323. The molecule has 5 rings (SSSR count). The van der Waals surface area contributed by atoms with Gasteiger partial charge in [-0.15, -0.1) is 0 Å². The molecular formula is C31H32ClFN4O4. The smallest absolute Gasteiger partial charge is 0.260 e. The number of carbonyl (C=O) groups excluding carboxylic acids is 1. The molecule has 1 N–H and O–H groups in total. The topological polar surface area (TPSA) is 91.9 Å². The van der Waals surface area contributed by atoms with Crippen molar-refractivity contribution in [3.8, 4) is 16.9 Å². The van der Waals surface area contributed by atoms with Crippen molar-refractivity contribution in [1.82, 2.24) is 20.1 Å². The van der Waals surface area contributed by atoms with E-state index in [0.717, 1.165) is 33.6 Å². The van der Waals surface area contributed by atoms with E-state index in [0.29, 0.717) is 49.8 Å². The van der Waals surface area contributed by atoms with E-state index in [1.165, 1.54) is 12.1 Å². The summed E-state index contributed by atoms with van der Waals surface area (Å²) in [6.45, 7) is 3.57. The maximum atomic E-state index is 13.5. The second-order valence-electron chi connectivity index (χ2n) is 10.5. The van der Waals surface area contributed by atoms with Crippen molar-refractivity contribution >= 4 is 17.5 Å². The molecule has 1 amide bonds. The highest BCUT2D eigenvalue weighted by Crippen LogP contribution is 2.34. The summed E-state index contributed by atoms with van der Waals surface area (Å²) < 4.78 is 24.4. The number of likely N-dealkylation sites (tertiary alicyclic amines) is 1. The lowest BCUT2D eigenvalue weighted by molar-refractivity contribution is -0.137. The first kappa shape index (κ1) is 28.7. The van der Waals surface area contributed by atoms with Gasteiger partial charge in [0.25, 0.3) is 5.91 Å². The number of carbonyl (C=O) groups is 1. The Kier molecular flexibility index (Phi) is 8.68. The fourth-order valence-corrected chi connectivity index (χ4v) is 5.19. The summed E-state index contributed by atoms with van der Waals surface area (Å²) >= 11 is 5.99. The number of amides is 1. The van der Waals surface area contributed by atoms with Crippen LogP contribution in [-0.2, 0) is 23.5 Å². The van der Waals surface area contributed by atoms with Crippen LogP contribution in [0, 0.1) is 12.7 Å². The minimum absolute atomic E-state index is 0.127. The van der Waals surface area contributed by atoms with Gasteiger partial charge in [0.2, 0.25) is 0 Å². The lowest BCUT2D eigenvalue weighted by Gasteiger charge is -2.38. The number of aliphatic hydroxyl groups is 1. The Morgan fingerprint density at radius 1 is 1.05 bits per heavy atom. The molecule has 0 saturated carbocycles. The van der Waals surface area contributed by atoms with E-state index in [2.05, 4.69) is 10.3 Å². The number of hydrogen-bond donors (Lipinski definition) is 1. The van der Waals surface area contributed by atoms with Gasteiger partial charge in [-0.05, 0) is 79.9 Å². The molecule has 10 heteroatoms. The van der Waals surface area contributed by atoms with Crippen LogP contribution in [-0.4, -0.2) is 57.9 Å². The van der Waals surface area contributed by atoms with Gasteiger partial charge in [-0.3, -0.25) is 9.69 Å². The van der Waals surface area contributed by atoms with Crippen molar-refractivity contribution in [2.24, 2.45) is 0 Å². The maximum absolute atomic E-state index is 13.5. The summed E-state index contributed by atoms with van der Waals surface area (Å²) in [4.78, 5) is 16.9. The van der Waals surface area contributed by atoms with Gasteiger partial charge < -0.3 is 14.7 Å². The molecule has 1 aliphatic heterocycles. The van der Waals surface area contributed by atoms with Gasteiger partial charge in [0.15, 0.2) is 6.61 Å². The maximum Gasteiger partial charge on any atom is 0.260 e. The summed E-state index contributed by atoms with van der Waals surface area (Å²) in [5.41, 5.74) is 3.92. The molecule has 0 unspecified atom stereocenters. The first-order chi connectivity index (χ1) is 19.7. The largest absolute Gasteiger partial charge is 0.483 e. The fourth-order valence-electron chi connectivity index (χ4n) is 5.07. The zero-order valence-corrected chi connectivity index (χ0v) is 23.8. The molecule has 1 saturated heterocycles. The molecule has 3 aromatic carbocycles. The van der Waals surface area contributed by atoms with Crippen LogP contribution in [0.1, 0.15) is 35.4 Å². The molecule has 41 heavy (non-hydrogen) atoms. The van der Waals surface area contributed by atoms with E-state index in [4.69, 9.17) is 21.0 Å². The van der Waals surface area contributed by atoms with Gasteiger partial charge in [-0.25, -0.2) is 9.02 Å². The Morgan fingerprint density at radius 3 is 2.39 bits per heavy atom. The average molecular weight is 579 g/mol. The van der Waals surface area contributed by atoms with Crippen molar-refractivity contribution in [1.29, 1.82) is 0 Å². The van der Waals surface area contributed by atoms with Crippen LogP contribution < -0.4 is 4.74 Å². The summed E-state index contributed by atoms with van der Waals surface area (Å²) in [6.07, 6.45) is 0.859. The van der Waals surface area contributed by atoms with Gasteiger partial charge in [0.1, 0.15) is 23.0 Å². The third-order valence-electron chi connectivity index (χ3n) is 7.52. The van der Waals surface area contributed by atoms with Crippen molar-refractivity contribution in [3.05, 3.63) is 100 Å². The zero-order valence-electron chi connectivity index (χ0n) is 23.0. The van der Waals surface area contributed by atoms with Crippen molar-refractivity contribution in [3.63, 3.8) is 0 Å². The number of halogens is 2. The Labute approximate surface area is 243 Å². The minimum Gasteiger partial charge on any atom is -0.483 e. The monoisotopic (exact) mass is 578 g/mol. The predicted molar refractivity (Wildman–Crippen MR) is 153 cm³/mol. The molecule has 214 valence electrons. The highest BCUT2D eigenvalue weighted by atomic mass is 35.5. The number of benzene rings is 3. The molecule has 2 heterocycles. The molecule has 0 aliphatic carbocycles. The average Bonchev–Trinajstić information content (AvgIpc) is 3.37. The highest BCUT2D eigenvalue weighted by molar-refractivity contribution is 6.30. The lowest BCUT2D eigenvalue weighted by Crippen LogP contribution is -2.46. The minimum atomic E-state index is -0.992. The molecule has 1 fully saturated rings. The van der Waals surface area contributed by atoms with Crippen LogP contribution in [0.2, 0.25) is 5.02 Å². The molecule has 0 atom stereocenters. The SMILES string of the molecule is Cc1nonc1CN(C)Cc1cc(-c2ccc(F)cc2)ccc1OCC(=O)N1CCC(O)(c2ccc(Cl)cc2)CC1. The quantitative estimate of drug-likeness (QED) is 0.286. The number of ether oxygens (including phenoxy) is 1. The second-order valence-corrected chi connectivity index (χ2v) is 10.9. The number of hydrogen-bond acceptors (Lipinski definition) is 7. The van der Waals surface area contributed by atoms with E-state index >= 15 is 0 Å². The van der Waals surface area contributed by atoms with Crippen LogP contribution >= 0.6 is 11.6 Å². The molecule has 1 aliphatic rings. The van der Waals surface area contributed by atoms with Gasteiger partial charge in [-0.1, -0.05) is 52.2 Å². The molecule has 8 nitrogen and oxygen atoms in total. The molecule has 0 spiro atoms. The second kappa shape index (κ2) is 12.4. The number of aryl methyl sites for hydroxylation is 1. The Morgan fingerprint density at radius 2 is 1.73 bits per heavy atom.